The fourth-order valence-corrected chi connectivity index (χ4v) is 3.73. The topological polar surface area (TPSA) is 51.2 Å². The van der Waals surface area contributed by atoms with Crippen molar-refractivity contribution in [1.29, 1.82) is 0 Å². The molecule has 1 saturated heterocycles. The summed E-state index contributed by atoms with van der Waals surface area (Å²) in [4.78, 5) is 17.5. The van der Waals surface area contributed by atoms with Crippen molar-refractivity contribution in [3.8, 4) is 10.4 Å². The van der Waals surface area contributed by atoms with E-state index in [2.05, 4.69) is 22.4 Å². The molecule has 1 aliphatic heterocycles. The van der Waals surface area contributed by atoms with E-state index in [1.54, 1.807) is 11.3 Å². The number of hydrogen-bond donors (Lipinski definition) is 1. The number of carbonyl (C=O) groups is 1. The van der Waals surface area contributed by atoms with E-state index in [-0.39, 0.29) is 12.1 Å². The zero-order valence-corrected chi connectivity index (χ0v) is 14.4. The lowest BCUT2D eigenvalue weighted by molar-refractivity contribution is -0.149. The van der Waals surface area contributed by atoms with E-state index in [0.29, 0.717) is 12.3 Å². The first kappa shape index (κ1) is 16.1. The summed E-state index contributed by atoms with van der Waals surface area (Å²) in [6.45, 7) is 5.87. The summed E-state index contributed by atoms with van der Waals surface area (Å²) in [7, 11) is 0. The number of hydrogen-bond acceptors (Lipinski definition) is 5. The number of aryl methyl sites for hydroxylation is 1. The van der Waals surface area contributed by atoms with E-state index < -0.39 is 0 Å². The summed E-state index contributed by atoms with van der Waals surface area (Å²) in [5, 5.41) is 3.27. The fourth-order valence-electron chi connectivity index (χ4n) is 2.92. The molecule has 5 heteroatoms. The third-order valence-corrected chi connectivity index (χ3v) is 5.29. The Morgan fingerprint density at radius 2 is 2.22 bits per heavy atom. The molecule has 4 nitrogen and oxygen atoms in total. The third-order valence-electron chi connectivity index (χ3n) is 4.31. The molecule has 0 bridgehead atoms. The molecule has 1 unspecified atom stereocenters. The smallest absolute Gasteiger partial charge is 0.306 e. The first-order valence-electron chi connectivity index (χ1n) is 8.04. The van der Waals surface area contributed by atoms with Crippen LogP contribution in [0.15, 0.2) is 29.8 Å². The van der Waals surface area contributed by atoms with Gasteiger partial charge in [0.25, 0.3) is 0 Å². The Bertz CT molecular complexity index is 660. The van der Waals surface area contributed by atoms with Crippen LogP contribution < -0.4 is 5.32 Å². The van der Waals surface area contributed by atoms with Gasteiger partial charge in [-0.25, -0.2) is 4.98 Å². The van der Waals surface area contributed by atoms with Crippen LogP contribution in [0.2, 0.25) is 0 Å². The summed E-state index contributed by atoms with van der Waals surface area (Å²) < 4.78 is 5.58. The van der Waals surface area contributed by atoms with Crippen LogP contribution in [-0.4, -0.2) is 24.0 Å². The molecule has 1 aliphatic rings. The van der Waals surface area contributed by atoms with E-state index in [1.807, 2.05) is 31.5 Å². The average molecular weight is 330 g/mol. The third kappa shape index (κ3) is 3.98. The second-order valence-corrected chi connectivity index (χ2v) is 6.94. The van der Waals surface area contributed by atoms with Gasteiger partial charge in [0, 0.05) is 6.42 Å². The molecule has 2 aromatic rings. The van der Waals surface area contributed by atoms with E-state index in [4.69, 9.17) is 4.74 Å². The maximum atomic E-state index is 12.0. The van der Waals surface area contributed by atoms with Gasteiger partial charge in [0.2, 0.25) is 0 Å². The van der Waals surface area contributed by atoms with Crippen molar-refractivity contribution in [1.82, 2.24) is 10.3 Å². The van der Waals surface area contributed by atoms with Gasteiger partial charge in [-0.2, -0.15) is 0 Å². The van der Waals surface area contributed by atoms with Crippen molar-refractivity contribution in [3.05, 3.63) is 41.0 Å². The van der Waals surface area contributed by atoms with Gasteiger partial charge in [0.05, 0.1) is 16.1 Å². The van der Waals surface area contributed by atoms with Crippen LogP contribution in [0.5, 0.6) is 0 Å². The summed E-state index contributed by atoms with van der Waals surface area (Å²) in [6, 6.07) is 8.20. The van der Waals surface area contributed by atoms with E-state index in [0.717, 1.165) is 36.3 Å². The van der Waals surface area contributed by atoms with Gasteiger partial charge in [0.15, 0.2) is 0 Å². The molecule has 1 fully saturated rings. The molecule has 2 heterocycles. The molecular formula is C18H22N2O2S. The van der Waals surface area contributed by atoms with Crippen LogP contribution in [0, 0.1) is 12.8 Å². The zero-order valence-electron chi connectivity index (χ0n) is 13.5. The van der Waals surface area contributed by atoms with Crippen molar-refractivity contribution >= 4 is 17.3 Å². The van der Waals surface area contributed by atoms with Gasteiger partial charge >= 0.3 is 5.97 Å². The fraction of sp³-hybridized carbons (Fsp3) is 0.444. The van der Waals surface area contributed by atoms with E-state index >= 15 is 0 Å². The van der Waals surface area contributed by atoms with Crippen LogP contribution in [0.4, 0.5) is 0 Å². The van der Waals surface area contributed by atoms with Gasteiger partial charge in [-0.1, -0.05) is 24.3 Å². The van der Waals surface area contributed by atoms with Gasteiger partial charge in [-0.15, -0.1) is 11.3 Å². The Morgan fingerprint density at radius 1 is 1.43 bits per heavy atom. The molecule has 0 radical (unpaired) electrons. The highest BCUT2D eigenvalue weighted by atomic mass is 32.1. The molecule has 1 aromatic heterocycles. The average Bonchev–Trinajstić information content (AvgIpc) is 3.19. The molecule has 1 aromatic carbocycles. The zero-order chi connectivity index (χ0) is 16.2. The molecule has 2 atom stereocenters. The molecule has 3 rings (SSSR count). The Kier molecular flexibility index (Phi) is 5.08. The quantitative estimate of drug-likeness (QED) is 0.849. The summed E-state index contributed by atoms with van der Waals surface area (Å²) in [5.74, 6) is 0.319. The van der Waals surface area contributed by atoms with Crippen molar-refractivity contribution in [3.63, 3.8) is 0 Å². The summed E-state index contributed by atoms with van der Waals surface area (Å²) >= 11 is 1.64. The molecule has 23 heavy (non-hydrogen) atoms. The van der Waals surface area contributed by atoms with Crippen LogP contribution >= 0.6 is 11.3 Å². The van der Waals surface area contributed by atoms with Crippen molar-refractivity contribution in [2.75, 3.05) is 13.1 Å². The van der Waals surface area contributed by atoms with Gasteiger partial charge in [-0.3, -0.25) is 4.79 Å². The van der Waals surface area contributed by atoms with Crippen LogP contribution in [-0.2, 0) is 9.53 Å². The highest BCUT2D eigenvalue weighted by Crippen LogP contribution is 2.29. The molecular weight excluding hydrogens is 308 g/mol. The Balaban J connectivity index is 1.60. The minimum Gasteiger partial charge on any atom is -0.458 e. The van der Waals surface area contributed by atoms with Crippen LogP contribution in [0.25, 0.3) is 10.4 Å². The number of nitrogens with one attached hydrogen (secondary N) is 1. The minimum atomic E-state index is -0.214. The number of rotatable bonds is 5. The summed E-state index contributed by atoms with van der Waals surface area (Å²) in [6.07, 6.45) is 1.36. The second-order valence-electron chi connectivity index (χ2n) is 6.08. The molecule has 0 spiro atoms. The van der Waals surface area contributed by atoms with E-state index in [1.165, 1.54) is 4.88 Å². The first-order chi connectivity index (χ1) is 11.1. The van der Waals surface area contributed by atoms with Crippen LogP contribution in [0.3, 0.4) is 0 Å². The first-order valence-corrected chi connectivity index (χ1v) is 8.92. The number of thiazole rings is 1. The standard InChI is InChI=1S/C18H22N2O2S/c1-12-18(23-11-20-12)16-5-3-15(4-6-16)13(2)22-17(21)9-14-7-8-19-10-14/h3-6,11,13-14,19H,7-10H2,1-2H3/t13-,14?/m0/s1. The van der Waals surface area contributed by atoms with Gasteiger partial charge in [0.1, 0.15) is 6.10 Å². The number of aromatic nitrogens is 1. The normalized spacial score (nSPS) is 18.8. The number of carbonyl (C=O) groups excluding carboxylic acids is 1. The molecule has 0 aliphatic carbocycles. The summed E-state index contributed by atoms with van der Waals surface area (Å²) in [5.41, 5.74) is 5.09. The predicted molar refractivity (Wildman–Crippen MR) is 92.4 cm³/mol. The van der Waals surface area contributed by atoms with Gasteiger partial charge in [-0.05, 0) is 50.4 Å². The second kappa shape index (κ2) is 7.23. The lowest BCUT2D eigenvalue weighted by atomic mass is 10.0. The number of nitrogens with zero attached hydrogens (tertiary/aromatic N) is 1. The molecule has 0 saturated carbocycles. The van der Waals surface area contributed by atoms with Crippen LogP contribution in [0.1, 0.15) is 37.1 Å². The minimum absolute atomic E-state index is 0.103. The highest BCUT2D eigenvalue weighted by Gasteiger charge is 2.20. The Hall–Kier alpha value is -1.72. The lowest BCUT2D eigenvalue weighted by Gasteiger charge is -2.15. The maximum Gasteiger partial charge on any atom is 0.306 e. The van der Waals surface area contributed by atoms with E-state index in [9.17, 15) is 4.79 Å². The maximum absolute atomic E-state index is 12.0. The number of benzene rings is 1. The largest absolute Gasteiger partial charge is 0.458 e. The number of ether oxygens (including phenoxy) is 1. The van der Waals surface area contributed by atoms with Crippen molar-refractivity contribution in [2.45, 2.75) is 32.8 Å². The predicted octanol–water partition coefficient (Wildman–Crippen LogP) is 3.72. The highest BCUT2D eigenvalue weighted by molar-refractivity contribution is 7.13. The van der Waals surface area contributed by atoms with Crippen molar-refractivity contribution < 1.29 is 9.53 Å². The van der Waals surface area contributed by atoms with Gasteiger partial charge < -0.3 is 10.1 Å². The van der Waals surface area contributed by atoms with Crippen molar-refractivity contribution in [2.24, 2.45) is 5.92 Å². The SMILES string of the molecule is Cc1ncsc1-c1ccc([C@H](C)OC(=O)CC2CCNC2)cc1. The lowest BCUT2D eigenvalue weighted by Crippen LogP contribution is -2.16. The monoisotopic (exact) mass is 330 g/mol. The Labute approximate surface area is 140 Å². The molecule has 0 amide bonds. The Morgan fingerprint density at radius 3 is 2.83 bits per heavy atom. The molecule has 122 valence electrons. The molecule has 1 N–H and O–H groups in total. The number of esters is 1.